The summed E-state index contributed by atoms with van der Waals surface area (Å²) >= 11 is 1.58. The van der Waals surface area contributed by atoms with Gasteiger partial charge in [0.05, 0.1) is 12.6 Å². The zero-order valence-corrected chi connectivity index (χ0v) is 9.64. The molecule has 0 N–H and O–H groups in total. The van der Waals surface area contributed by atoms with Crippen LogP contribution in [0.15, 0.2) is 0 Å². The van der Waals surface area contributed by atoms with E-state index < -0.39 is 18.8 Å². The summed E-state index contributed by atoms with van der Waals surface area (Å²) in [5, 5.41) is 0. The Hall–Kier alpha value is 0.150. The molecular weight excluding hydrogens is 310 g/mol. The number of nitrogens with zero attached hydrogens (tertiary/aromatic N) is 1. The molecule has 0 aromatic rings. The van der Waals surface area contributed by atoms with Crippen molar-refractivity contribution < 1.29 is 18.0 Å². The molecule has 2 nitrogen and oxygen atoms in total. The van der Waals surface area contributed by atoms with E-state index in [0.29, 0.717) is 13.0 Å². The largest absolute Gasteiger partial charge is 0.401 e. The molecule has 0 aromatic carbocycles. The highest BCUT2D eigenvalue weighted by molar-refractivity contribution is 14.1. The fourth-order valence-electron chi connectivity index (χ4n) is 1.67. The molecule has 0 aliphatic carbocycles. The van der Waals surface area contributed by atoms with Crippen LogP contribution in [-0.4, -0.2) is 34.0 Å². The van der Waals surface area contributed by atoms with Gasteiger partial charge in [-0.2, -0.15) is 13.2 Å². The first-order valence-corrected chi connectivity index (χ1v) is 5.48. The van der Waals surface area contributed by atoms with Crippen LogP contribution >= 0.6 is 22.6 Å². The van der Waals surface area contributed by atoms with Crippen molar-refractivity contribution >= 4 is 26.4 Å². The molecule has 1 saturated heterocycles. The van der Waals surface area contributed by atoms with Crippen LogP contribution in [0.5, 0.6) is 0 Å². The van der Waals surface area contributed by atoms with E-state index in [1.165, 1.54) is 4.90 Å². The Morgan fingerprint density at radius 2 is 2.07 bits per heavy atom. The maximum atomic E-state index is 12.1. The predicted molar refractivity (Wildman–Crippen MR) is 54.3 cm³/mol. The van der Waals surface area contributed by atoms with E-state index in [9.17, 15) is 18.0 Å². The van der Waals surface area contributed by atoms with Gasteiger partial charge in [-0.3, -0.25) is 9.69 Å². The molecule has 0 bridgehead atoms. The molecule has 1 aliphatic rings. The van der Waals surface area contributed by atoms with Gasteiger partial charge < -0.3 is 0 Å². The predicted octanol–water partition coefficient (Wildman–Crippen LogP) is 2.36. The standard InChI is InChI=1S/C8H11F3INO/c9-8(10,11)5-13-4-2-1-3-6(13)7(12)14/h6H,1-5H2/t6-/m0/s1. The molecule has 1 heterocycles. The van der Waals surface area contributed by atoms with Crippen molar-refractivity contribution in [1.29, 1.82) is 0 Å². The minimum atomic E-state index is -4.21. The van der Waals surface area contributed by atoms with Crippen LogP contribution in [0, 0.1) is 0 Å². The summed E-state index contributed by atoms with van der Waals surface area (Å²) in [5.74, 6) is 0. The van der Waals surface area contributed by atoms with E-state index in [4.69, 9.17) is 0 Å². The van der Waals surface area contributed by atoms with Gasteiger partial charge in [0.25, 0.3) is 0 Å². The highest BCUT2D eigenvalue weighted by atomic mass is 127. The van der Waals surface area contributed by atoms with Crippen molar-refractivity contribution in [3.8, 4) is 0 Å². The molecule has 0 amide bonds. The fraction of sp³-hybridized carbons (Fsp3) is 0.875. The van der Waals surface area contributed by atoms with Crippen molar-refractivity contribution in [3.63, 3.8) is 0 Å². The molecule has 0 saturated carbocycles. The van der Waals surface area contributed by atoms with Crippen LogP contribution in [0.1, 0.15) is 19.3 Å². The van der Waals surface area contributed by atoms with Crippen molar-refractivity contribution in [1.82, 2.24) is 4.90 Å². The molecule has 0 spiro atoms. The summed E-state index contributed by atoms with van der Waals surface area (Å²) in [6.45, 7) is -0.592. The Bertz CT molecular complexity index is 219. The Morgan fingerprint density at radius 3 is 2.57 bits per heavy atom. The smallest absolute Gasteiger partial charge is 0.286 e. The summed E-state index contributed by atoms with van der Waals surface area (Å²) in [6, 6.07) is -0.536. The average molecular weight is 321 g/mol. The van der Waals surface area contributed by atoms with E-state index in [1.807, 2.05) is 0 Å². The van der Waals surface area contributed by atoms with Crippen molar-refractivity contribution in [2.75, 3.05) is 13.1 Å². The Labute approximate surface area is 94.0 Å². The van der Waals surface area contributed by atoms with Crippen molar-refractivity contribution in [2.45, 2.75) is 31.5 Å². The lowest BCUT2D eigenvalue weighted by Crippen LogP contribution is -2.47. The van der Waals surface area contributed by atoms with E-state index in [-0.39, 0.29) is 3.79 Å². The lowest BCUT2D eigenvalue weighted by molar-refractivity contribution is -0.154. The number of alkyl halides is 3. The van der Waals surface area contributed by atoms with Crippen LogP contribution in [0.4, 0.5) is 13.2 Å². The lowest BCUT2D eigenvalue weighted by atomic mass is 10.0. The zero-order chi connectivity index (χ0) is 10.8. The average Bonchev–Trinajstić information content (AvgIpc) is 2.01. The number of hydrogen-bond donors (Lipinski definition) is 0. The number of carbonyl (C=O) groups excluding carboxylic acids is 1. The Morgan fingerprint density at radius 1 is 1.43 bits per heavy atom. The van der Waals surface area contributed by atoms with E-state index in [0.717, 1.165) is 12.8 Å². The minimum Gasteiger partial charge on any atom is -0.286 e. The number of piperidine rings is 1. The number of halogens is 4. The molecule has 0 aromatic heterocycles. The highest BCUT2D eigenvalue weighted by Gasteiger charge is 2.36. The first-order chi connectivity index (χ1) is 6.40. The summed E-state index contributed by atoms with van der Waals surface area (Å²) < 4.78 is 36.2. The number of likely N-dealkylation sites (tertiary alicyclic amines) is 1. The second-order valence-corrected chi connectivity index (χ2v) is 4.46. The van der Waals surface area contributed by atoms with Crippen LogP contribution in [0.3, 0.4) is 0 Å². The van der Waals surface area contributed by atoms with E-state index >= 15 is 0 Å². The van der Waals surface area contributed by atoms with Gasteiger partial charge in [-0.1, -0.05) is 6.42 Å². The third kappa shape index (κ3) is 3.72. The van der Waals surface area contributed by atoms with Gasteiger partial charge in [-0.25, -0.2) is 0 Å². The molecule has 0 radical (unpaired) electrons. The minimum absolute atomic E-state index is 0.188. The van der Waals surface area contributed by atoms with E-state index in [2.05, 4.69) is 0 Å². The van der Waals surface area contributed by atoms with Gasteiger partial charge in [0, 0.05) is 22.6 Å². The maximum absolute atomic E-state index is 12.1. The lowest BCUT2D eigenvalue weighted by Gasteiger charge is -2.33. The first kappa shape index (κ1) is 12.2. The van der Waals surface area contributed by atoms with Gasteiger partial charge in [-0.15, -0.1) is 0 Å². The zero-order valence-electron chi connectivity index (χ0n) is 7.48. The Kier molecular flexibility index (Phi) is 4.17. The summed E-state index contributed by atoms with van der Waals surface area (Å²) in [5.41, 5.74) is 0. The summed E-state index contributed by atoms with van der Waals surface area (Å²) in [6.07, 6.45) is -2.07. The van der Waals surface area contributed by atoms with Gasteiger partial charge >= 0.3 is 6.18 Å². The van der Waals surface area contributed by atoms with Gasteiger partial charge in [0.15, 0.2) is 0 Å². The number of rotatable bonds is 2. The molecule has 82 valence electrons. The second-order valence-electron chi connectivity index (χ2n) is 3.40. The fourth-order valence-corrected chi connectivity index (χ4v) is 2.37. The SMILES string of the molecule is O=C(I)[C@@H]1CCCCN1CC(F)(F)F. The number of carbonyl (C=O) groups is 1. The van der Waals surface area contributed by atoms with Crippen LogP contribution in [0.25, 0.3) is 0 Å². The second kappa shape index (κ2) is 4.78. The molecular formula is C8H11F3INO. The van der Waals surface area contributed by atoms with E-state index in [1.54, 1.807) is 22.6 Å². The Balaban J connectivity index is 2.59. The third-order valence-electron chi connectivity index (χ3n) is 2.26. The monoisotopic (exact) mass is 321 g/mol. The molecule has 0 unspecified atom stereocenters. The number of hydrogen-bond acceptors (Lipinski definition) is 2. The van der Waals surface area contributed by atoms with Gasteiger partial charge in [0.2, 0.25) is 3.79 Å². The molecule has 1 rings (SSSR count). The summed E-state index contributed by atoms with van der Waals surface area (Å²) in [4.78, 5) is 12.3. The molecule has 1 atom stereocenters. The normalized spacial score (nSPS) is 25.0. The van der Waals surface area contributed by atoms with Crippen molar-refractivity contribution in [3.05, 3.63) is 0 Å². The summed E-state index contributed by atoms with van der Waals surface area (Å²) in [7, 11) is 0. The molecule has 1 aliphatic heterocycles. The van der Waals surface area contributed by atoms with Crippen LogP contribution in [0.2, 0.25) is 0 Å². The first-order valence-electron chi connectivity index (χ1n) is 4.40. The molecule has 14 heavy (non-hydrogen) atoms. The van der Waals surface area contributed by atoms with Crippen LogP contribution in [-0.2, 0) is 4.79 Å². The third-order valence-corrected chi connectivity index (χ3v) is 2.98. The van der Waals surface area contributed by atoms with Crippen molar-refractivity contribution in [2.24, 2.45) is 0 Å². The van der Waals surface area contributed by atoms with Gasteiger partial charge in [0.1, 0.15) is 0 Å². The molecule has 6 heteroatoms. The van der Waals surface area contributed by atoms with Gasteiger partial charge in [-0.05, 0) is 19.4 Å². The topological polar surface area (TPSA) is 20.3 Å². The quantitative estimate of drug-likeness (QED) is 0.575. The van der Waals surface area contributed by atoms with Crippen LogP contribution < -0.4 is 0 Å². The maximum Gasteiger partial charge on any atom is 0.401 e. The highest BCUT2D eigenvalue weighted by Crippen LogP contribution is 2.24. The molecule has 1 fully saturated rings.